The van der Waals surface area contributed by atoms with Gasteiger partial charge in [-0.2, -0.15) is 26.3 Å². The van der Waals surface area contributed by atoms with E-state index >= 15 is 0 Å². The molecule has 0 fully saturated rings. The van der Waals surface area contributed by atoms with Crippen molar-refractivity contribution in [3.8, 4) is 5.75 Å². The number of nitrogens with one attached hydrogen (secondary N) is 2. The molecule has 0 radical (unpaired) electrons. The Balaban J connectivity index is 2.34. The number of carbonyl (C=O) groups is 2. The van der Waals surface area contributed by atoms with Gasteiger partial charge in [0.15, 0.2) is 5.82 Å². The zero-order valence-electron chi connectivity index (χ0n) is 18.8. The van der Waals surface area contributed by atoms with Crippen LogP contribution in [0.4, 0.5) is 43.9 Å². The fraction of sp³-hybridized carbons (Fsp3) is 0.273. The Labute approximate surface area is 222 Å². The van der Waals surface area contributed by atoms with E-state index in [-0.39, 0.29) is 5.56 Å². The molecule has 17 heteroatoms. The van der Waals surface area contributed by atoms with E-state index in [1.165, 1.54) is 5.32 Å². The van der Waals surface area contributed by atoms with Gasteiger partial charge in [0.1, 0.15) is 12.3 Å². The zero-order valence-corrected chi connectivity index (χ0v) is 20.3. The number of hydrogen-bond acceptors (Lipinski definition) is 3. The van der Waals surface area contributed by atoms with Crippen molar-refractivity contribution in [3.63, 3.8) is 0 Å². The Morgan fingerprint density at radius 3 is 2.03 bits per heavy atom. The van der Waals surface area contributed by atoms with Crippen LogP contribution < -0.4 is 15.4 Å². The molecule has 0 saturated heterocycles. The molecule has 0 aliphatic rings. The van der Waals surface area contributed by atoms with E-state index in [4.69, 9.17) is 23.2 Å². The molecule has 2 aromatic carbocycles. The van der Waals surface area contributed by atoms with Crippen LogP contribution >= 0.6 is 23.2 Å². The fourth-order valence-electron chi connectivity index (χ4n) is 2.93. The van der Waals surface area contributed by atoms with Gasteiger partial charge in [-0.25, -0.2) is 4.39 Å². The molecule has 0 saturated carbocycles. The molecule has 0 aliphatic heterocycles. The topological polar surface area (TPSA) is 67.4 Å². The lowest BCUT2D eigenvalue weighted by atomic mass is 9.96. The Hall–Kier alpha value is -3.20. The van der Waals surface area contributed by atoms with E-state index in [0.29, 0.717) is 24.3 Å². The summed E-state index contributed by atoms with van der Waals surface area (Å²) in [5.41, 5.74) is -1.73. The van der Waals surface area contributed by atoms with Crippen LogP contribution in [0.5, 0.6) is 5.75 Å². The molecule has 214 valence electrons. The van der Waals surface area contributed by atoms with E-state index in [1.54, 1.807) is 5.32 Å². The van der Waals surface area contributed by atoms with Crippen LogP contribution in [0.25, 0.3) is 6.08 Å². The van der Waals surface area contributed by atoms with Gasteiger partial charge in [0.05, 0.1) is 28.1 Å². The van der Waals surface area contributed by atoms with Crippen molar-refractivity contribution in [2.45, 2.75) is 24.6 Å². The molecule has 2 amide bonds. The molecular formula is C22H14Cl2F10N2O3. The lowest BCUT2D eigenvalue weighted by molar-refractivity contribution is -0.274. The van der Waals surface area contributed by atoms with E-state index in [0.717, 1.165) is 18.2 Å². The smallest absolute Gasteiger partial charge is 0.405 e. The number of allylic oxidation sites excluding steroid dienone is 1. The number of ether oxygens (including phenoxy) is 1. The Kier molecular flexibility index (Phi) is 10.1. The molecule has 39 heavy (non-hydrogen) atoms. The van der Waals surface area contributed by atoms with Gasteiger partial charge in [0.2, 0.25) is 5.91 Å². The highest BCUT2D eigenvalue weighted by Gasteiger charge is 2.39. The molecule has 5 nitrogen and oxygen atoms in total. The maximum absolute atomic E-state index is 13.7. The molecular weight excluding hydrogens is 601 g/mol. The number of halogens is 12. The van der Waals surface area contributed by atoms with E-state index < -0.39 is 82.3 Å². The third-order valence-electron chi connectivity index (χ3n) is 4.57. The predicted octanol–water partition coefficient (Wildman–Crippen LogP) is 6.80. The number of alkyl halides is 9. The third kappa shape index (κ3) is 10.1. The second-order valence-corrected chi connectivity index (χ2v) is 8.37. The van der Waals surface area contributed by atoms with Crippen molar-refractivity contribution in [1.29, 1.82) is 0 Å². The highest BCUT2D eigenvalue weighted by atomic mass is 35.5. The normalized spacial score (nSPS) is 13.3. The minimum atomic E-state index is -5.36. The summed E-state index contributed by atoms with van der Waals surface area (Å²) >= 11 is 11.1. The van der Waals surface area contributed by atoms with Gasteiger partial charge in [-0.1, -0.05) is 41.4 Å². The number of amides is 2. The monoisotopic (exact) mass is 614 g/mol. The molecule has 2 aromatic rings. The molecule has 2 N–H and O–H groups in total. The van der Waals surface area contributed by atoms with Crippen molar-refractivity contribution >= 4 is 41.1 Å². The first-order chi connectivity index (χ1) is 17.8. The highest BCUT2D eigenvalue weighted by Crippen LogP contribution is 2.39. The average Bonchev–Trinajstić information content (AvgIpc) is 2.77. The van der Waals surface area contributed by atoms with Gasteiger partial charge in [-0.05, 0) is 35.4 Å². The summed E-state index contributed by atoms with van der Waals surface area (Å²) in [7, 11) is 0. The second-order valence-electron chi connectivity index (χ2n) is 7.55. The summed E-state index contributed by atoms with van der Waals surface area (Å²) in [5.74, 6) is -7.45. The van der Waals surface area contributed by atoms with Crippen molar-refractivity contribution in [2.24, 2.45) is 0 Å². The van der Waals surface area contributed by atoms with Crippen molar-refractivity contribution < 1.29 is 58.2 Å². The molecule has 2 rings (SSSR count). The summed E-state index contributed by atoms with van der Waals surface area (Å²) in [4.78, 5) is 23.7. The Bertz CT molecular complexity index is 1220. The van der Waals surface area contributed by atoms with Crippen molar-refractivity contribution in [1.82, 2.24) is 10.6 Å². The average molecular weight is 615 g/mol. The Morgan fingerprint density at radius 2 is 1.51 bits per heavy atom. The van der Waals surface area contributed by atoms with Crippen LogP contribution in [-0.4, -0.2) is 43.6 Å². The molecule has 0 aliphatic carbocycles. The summed E-state index contributed by atoms with van der Waals surface area (Å²) in [5, 5.41) is 1.82. The number of hydrogen-bond donors (Lipinski definition) is 2. The quantitative estimate of drug-likeness (QED) is 0.254. The van der Waals surface area contributed by atoms with E-state index in [1.807, 2.05) is 0 Å². The highest BCUT2D eigenvalue weighted by molar-refractivity contribution is 6.35. The van der Waals surface area contributed by atoms with Crippen LogP contribution in [0, 0.1) is 5.82 Å². The summed E-state index contributed by atoms with van der Waals surface area (Å²) in [6, 6.07) is 3.54. The minimum absolute atomic E-state index is 0.317. The van der Waals surface area contributed by atoms with E-state index in [9.17, 15) is 53.5 Å². The summed E-state index contributed by atoms with van der Waals surface area (Å²) < 4.78 is 133. The standard InChI is InChI=1S/C22H14Cl2F10N2O3/c23-14-6-11(7-15(24)18(14)25)13(21(29,30)31)4-2-10-1-3-12(16(5-10)39-22(32,33)34)19(38)35-8-17(37)36-9-20(26,27)28/h1-7,13H,8-9H2,(H,35,38)(H,36,37). The van der Waals surface area contributed by atoms with Gasteiger partial charge in [-0.15, -0.1) is 13.2 Å². The Morgan fingerprint density at radius 1 is 0.923 bits per heavy atom. The fourth-order valence-corrected chi connectivity index (χ4v) is 3.43. The SMILES string of the molecule is O=C(CNC(=O)c1ccc(C=CC(c2cc(Cl)c(F)c(Cl)c2)C(F)(F)F)cc1OC(F)(F)F)NCC(F)(F)F. The summed E-state index contributed by atoms with van der Waals surface area (Å²) in [6.07, 6.45) is -13.8. The predicted molar refractivity (Wildman–Crippen MR) is 119 cm³/mol. The van der Waals surface area contributed by atoms with Crippen LogP contribution in [0.2, 0.25) is 10.0 Å². The molecule has 0 aromatic heterocycles. The first-order valence-corrected chi connectivity index (χ1v) is 10.9. The van der Waals surface area contributed by atoms with Crippen LogP contribution in [0.1, 0.15) is 27.4 Å². The first kappa shape index (κ1) is 32.0. The molecule has 0 heterocycles. The van der Waals surface area contributed by atoms with Gasteiger partial charge in [-0.3, -0.25) is 9.59 Å². The van der Waals surface area contributed by atoms with Crippen LogP contribution in [0.15, 0.2) is 36.4 Å². The lowest BCUT2D eigenvalue weighted by Crippen LogP contribution is -2.41. The lowest BCUT2D eigenvalue weighted by Gasteiger charge is -2.18. The maximum Gasteiger partial charge on any atom is 0.573 e. The van der Waals surface area contributed by atoms with Crippen LogP contribution in [0.3, 0.4) is 0 Å². The number of carbonyl (C=O) groups excluding carboxylic acids is 2. The van der Waals surface area contributed by atoms with Crippen molar-refractivity contribution in [2.75, 3.05) is 13.1 Å². The van der Waals surface area contributed by atoms with Gasteiger partial charge < -0.3 is 15.4 Å². The second kappa shape index (κ2) is 12.3. The minimum Gasteiger partial charge on any atom is -0.405 e. The van der Waals surface area contributed by atoms with Gasteiger partial charge in [0, 0.05) is 0 Å². The molecule has 1 atom stereocenters. The third-order valence-corrected chi connectivity index (χ3v) is 5.12. The number of benzene rings is 2. The molecule has 0 spiro atoms. The maximum atomic E-state index is 13.7. The molecule has 1 unspecified atom stereocenters. The van der Waals surface area contributed by atoms with Gasteiger partial charge >= 0.3 is 18.7 Å². The van der Waals surface area contributed by atoms with Crippen molar-refractivity contribution in [3.05, 3.63) is 69.0 Å². The van der Waals surface area contributed by atoms with E-state index in [2.05, 4.69) is 4.74 Å². The summed E-state index contributed by atoms with van der Waals surface area (Å²) in [6.45, 7) is -2.77. The largest absolute Gasteiger partial charge is 0.573 e. The molecule has 0 bridgehead atoms. The first-order valence-electron chi connectivity index (χ1n) is 10.2. The number of rotatable bonds is 8. The van der Waals surface area contributed by atoms with Gasteiger partial charge in [0.25, 0.3) is 5.91 Å². The zero-order chi connectivity index (χ0) is 29.8. The van der Waals surface area contributed by atoms with Crippen LogP contribution in [-0.2, 0) is 4.79 Å².